The van der Waals surface area contributed by atoms with Gasteiger partial charge in [-0.1, -0.05) is 12.1 Å². The van der Waals surface area contributed by atoms with Gasteiger partial charge < -0.3 is 9.30 Å². The average Bonchev–Trinajstić information content (AvgIpc) is 3.13. The summed E-state index contributed by atoms with van der Waals surface area (Å²) in [5.74, 6) is 0.122. The standard InChI is InChI=1S/C15H13N3OS/c19-15(13-4-3-9-20-13)17-8-6-11-12(10-17)18-7-2-1-5-14(18)16-11/h1-5,7,9H,6,8,10H2. The predicted molar refractivity (Wildman–Crippen MR) is 78.0 cm³/mol. The summed E-state index contributed by atoms with van der Waals surface area (Å²) < 4.78 is 2.09. The fourth-order valence-corrected chi connectivity index (χ4v) is 3.38. The topological polar surface area (TPSA) is 37.6 Å². The fourth-order valence-electron chi connectivity index (χ4n) is 2.69. The first-order valence-corrected chi connectivity index (χ1v) is 7.48. The van der Waals surface area contributed by atoms with Gasteiger partial charge in [-0.2, -0.15) is 0 Å². The number of carbonyl (C=O) groups is 1. The van der Waals surface area contributed by atoms with Gasteiger partial charge in [-0.25, -0.2) is 4.98 Å². The summed E-state index contributed by atoms with van der Waals surface area (Å²) in [6.45, 7) is 1.38. The SMILES string of the molecule is O=C(c1cccs1)N1CCc2nc3ccccn3c2C1. The van der Waals surface area contributed by atoms with E-state index in [0.29, 0.717) is 6.54 Å². The Bertz CT molecular complexity index is 776. The fraction of sp³-hybridized carbons (Fsp3) is 0.200. The molecule has 0 atom stereocenters. The minimum atomic E-state index is 0.122. The van der Waals surface area contributed by atoms with E-state index in [1.165, 1.54) is 11.3 Å². The number of carbonyl (C=O) groups excluding carboxylic acids is 1. The maximum atomic E-state index is 12.4. The second-order valence-corrected chi connectivity index (χ2v) is 5.84. The molecule has 0 saturated carbocycles. The summed E-state index contributed by atoms with van der Waals surface area (Å²) in [4.78, 5) is 19.8. The molecule has 4 heterocycles. The molecule has 100 valence electrons. The quantitative estimate of drug-likeness (QED) is 0.688. The molecule has 0 saturated heterocycles. The maximum Gasteiger partial charge on any atom is 0.264 e. The van der Waals surface area contributed by atoms with Crippen LogP contribution in [0.3, 0.4) is 0 Å². The number of aromatic nitrogens is 2. The summed E-state index contributed by atoms with van der Waals surface area (Å²) in [6, 6.07) is 9.79. The van der Waals surface area contributed by atoms with E-state index in [9.17, 15) is 4.79 Å². The van der Waals surface area contributed by atoms with Crippen LogP contribution in [0, 0.1) is 0 Å². The van der Waals surface area contributed by atoms with Crippen molar-refractivity contribution in [2.45, 2.75) is 13.0 Å². The van der Waals surface area contributed by atoms with Gasteiger partial charge in [0.05, 0.1) is 22.8 Å². The third-order valence-corrected chi connectivity index (χ3v) is 4.55. The van der Waals surface area contributed by atoms with Crippen LogP contribution in [0.4, 0.5) is 0 Å². The molecular weight excluding hydrogens is 270 g/mol. The molecule has 0 spiro atoms. The molecule has 0 N–H and O–H groups in total. The number of hydrogen-bond donors (Lipinski definition) is 0. The van der Waals surface area contributed by atoms with Gasteiger partial charge in [0, 0.05) is 19.2 Å². The number of hydrogen-bond acceptors (Lipinski definition) is 3. The van der Waals surface area contributed by atoms with Crippen LogP contribution in [-0.4, -0.2) is 26.7 Å². The Labute approximate surface area is 120 Å². The molecule has 20 heavy (non-hydrogen) atoms. The van der Waals surface area contributed by atoms with E-state index in [0.717, 1.165) is 34.9 Å². The Morgan fingerprint density at radius 2 is 2.20 bits per heavy atom. The number of fused-ring (bicyclic) bond motifs is 3. The van der Waals surface area contributed by atoms with Crippen molar-refractivity contribution in [2.75, 3.05) is 6.54 Å². The molecule has 0 aliphatic carbocycles. The molecule has 0 bridgehead atoms. The highest BCUT2D eigenvalue weighted by molar-refractivity contribution is 7.12. The van der Waals surface area contributed by atoms with Crippen LogP contribution < -0.4 is 0 Å². The first-order chi connectivity index (χ1) is 9.83. The third kappa shape index (κ3) is 1.74. The molecule has 1 aliphatic rings. The van der Waals surface area contributed by atoms with Crippen LogP contribution in [0.1, 0.15) is 21.1 Å². The lowest BCUT2D eigenvalue weighted by atomic mass is 10.1. The van der Waals surface area contributed by atoms with Crippen molar-refractivity contribution in [3.8, 4) is 0 Å². The van der Waals surface area contributed by atoms with Crippen LogP contribution >= 0.6 is 11.3 Å². The van der Waals surface area contributed by atoms with Crippen molar-refractivity contribution in [1.82, 2.24) is 14.3 Å². The lowest BCUT2D eigenvalue weighted by molar-refractivity contribution is 0.0736. The molecule has 4 nitrogen and oxygen atoms in total. The zero-order valence-corrected chi connectivity index (χ0v) is 11.6. The van der Waals surface area contributed by atoms with Gasteiger partial charge >= 0.3 is 0 Å². The predicted octanol–water partition coefficient (Wildman–Crippen LogP) is 2.59. The molecule has 4 rings (SSSR count). The molecular formula is C15H13N3OS. The molecule has 3 aromatic heterocycles. The van der Waals surface area contributed by atoms with Crippen molar-refractivity contribution in [2.24, 2.45) is 0 Å². The minimum absolute atomic E-state index is 0.122. The number of pyridine rings is 1. The maximum absolute atomic E-state index is 12.4. The van der Waals surface area contributed by atoms with E-state index < -0.39 is 0 Å². The van der Waals surface area contributed by atoms with Gasteiger partial charge in [0.1, 0.15) is 5.65 Å². The van der Waals surface area contributed by atoms with E-state index in [4.69, 9.17) is 0 Å². The van der Waals surface area contributed by atoms with Crippen molar-refractivity contribution < 1.29 is 4.79 Å². The summed E-state index contributed by atoms with van der Waals surface area (Å²) in [5, 5.41) is 1.94. The Morgan fingerprint density at radius 1 is 1.25 bits per heavy atom. The number of amides is 1. The average molecular weight is 283 g/mol. The first kappa shape index (κ1) is 11.7. The lowest BCUT2D eigenvalue weighted by Gasteiger charge is -2.26. The van der Waals surface area contributed by atoms with Crippen molar-refractivity contribution >= 4 is 22.9 Å². The normalized spacial score (nSPS) is 14.5. The zero-order chi connectivity index (χ0) is 13.5. The molecule has 0 fully saturated rings. The van der Waals surface area contributed by atoms with Gasteiger partial charge in [0.2, 0.25) is 0 Å². The van der Waals surface area contributed by atoms with E-state index in [-0.39, 0.29) is 5.91 Å². The molecule has 0 unspecified atom stereocenters. The molecule has 0 aromatic carbocycles. The molecule has 1 amide bonds. The molecule has 0 radical (unpaired) electrons. The number of nitrogens with zero attached hydrogens (tertiary/aromatic N) is 3. The van der Waals surface area contributed by atoms with Crippen molar-refractivity contribution in [1.29, 1.82) is 0 Å². The third-order valence-electron chi connectivity index (χ3n) is 3.69. The molecule has 5 heteroatoms. The number of rotatable bonds is 1. The van der Waals surface area contributed by atoms with E-state index >= 15 is 0 Å². The van der Waals surface area contributed by atoms with Gasteiger partial charge in [-0.05, 0) is 23.6 Å². The summed E-state index contributed by atoms with van der Waals surface area (Å²) >= 11 is 1.50. The van der Waals surface area contributed by atoms with Gasteiger partial charge in [0.25, 0.3) is 5.91 Å². The van der Waals surface area contributed by atoms with E-state index in [2.05, 4.69) is 9.38 Å². The summed E-state index contributed by atoms with van der Waals surface area (Å²) in [7, 11) is 0. The van der Waals surface area contributed by atoms with Gasteiger partial charge in [-0.3, -0.25) is 4.79 Å². The highest BCUT2D eigenvalue weighted by Crippen LogP contribution is 2.22. The zero-order valence-electron chi connectivity index (χ0n) is 10.8. The molecule has 3 aromatic rings. The van der Waals surface area contributed by atoms with Crippen molar-refractivity contribution in [3.63, 3.8) is 0 Å². The van der Waals surface area contributed by atoms with Crippen LogP contribution in [0.5, 0.6) is 0 Å². The first-order valence-electron chi connectivity index (χ1n) is 6.60. The highest BCUT2D eigenvalue weighted by Gasteiger charge is 2.25. The Hall–Kier alpha value is -2.14. The van der Waals surface area contributed by atoms with E-state index in [1.54, 1.807) is 0 Å². The Balaban J connectivity index is 1.71. The highest BCUT2D eigenvalue weighted by atomic mass is 32.1. The van der Waals surface area contributed by atoms with Gasteiger partial charge in [0.15, 0.2) is 0 Å². The van der Waals surface area contributed by atoms with Crippen LogP contribution in [-0.2, 0) is 13.0 Å². The lowest BCUT2D eigenvalue weighted by Crippen LogP contribution is -2.36. The monoisotopic (exact) mass is 283 g/mol. The largest absolute Gasteiger partial charge is 0.332 e. The van der Waals surface area contributed by atoms with E-state index in [1.807, 2.05) is 46.8 Å². The smallest absolute Gasteiger partial charge is 0.264 e. The summed E-state index contributed by atoms with van der Waals surface area (Å²) in [5.41, 5.74) is 3.21. The van der Waals surface area contributed by atoms with Crippen LogP contribution in [0.2, 0.25) is 0 Å². The number of thiophene rings is 1. The van der Waals surface area contributed by atoms with Crippen LogP contribution in [0.15, 0.2) is 41.9 Å². The Kier molecular flexibility index (Phi) is 2.60. The second kappa shape index (κ2) is 4.45. The van der Waals surface area contributed by atoms with Gasteiger partial charge in [-0.15, -0.1) is 11.3 Å². The summed E-state index contributed by atoms with van der Waals surface area (Å²) in [6.07, 6.45) is 2.84. The minimum Gasteiger partial charge on any atom is -0.332 e. The molecule has 1 aliphatic heterocycles. The van der Waals surface area contributed by atoms with Crippen LogP contribution in [0.25, 0.3) is 5.65 Å². The Morgan fingerprint density at radius 3 is 3.05 bits per heavy atom. The van der Waals surface area contributed by atoms with Crippen molar-refractivity contribution in [3.05, 3.63) is 58.2 Å². The second-order valence-electron chi connectivity index (χ2n) is 4.89. The number of imidazole rings is 1.